The largest absolute Gasteiger partial charge is 0.339 e. The SMILES string of the molecule is CNCCC(=O)N(CCC#N)C1CC1. The molecule has 0 atom stereocenters. The standard InChI is InChI=1S/C10H17N3O/c1-12-7-5-10(14)13(8-2-6-11)9-3-4-9/h9,12H,2-5,7-8H2,1H3. The molecule has 0 bridgehead atoms. The van der Waals surface area contributed by atoms with Crippen molar-refractivity contribution in [3.63, 3.8) is 0 Å². The van der Waals surface area contributed by atoms with Crippen molar-refractivity contribution in [2.45, 2.75) is 31.7 Å². The number of carbonyl (C=O) groups excluding carboxylic acids is 1. The zero-order valence-electron chi connectivity index (χ0n) is 8.62. The molecular formula is C10H17N3O. The summed E-state index contributed by atoms with van der Waals surface area (Å²) in [5.74, 6) is 0.178. The van der Waals surface area contributed by atoms with Crippen LogP contribution < -0.4 is 5.32 Å². The van der Waals surface area contributed by atoms with Crippen LogP contribution in [0.15, 0.2) is 0 Å². The summed E-state index contributed by atoms with van der Waals surface area (Å²) < 4.78 is 0. The lowest BCUT2D eigenvalue weighted by Gasteiger charge is -2.20. The molecule has 4 heteroatoms. The van der Waals surface area contributed by atoms with Gasteiger partial charge in [0.2, 0.25) is 5.91 Å². The fraction of sp³-hybridized carbons (Fsp3) is 0.800. The van der Waals surface area contributed by atoms with E-state index in [4.69, 9.17) is 5.26 Å². The molecule has 0 aromatic rings. The molecule has 0 aromatic heterocycles. The van der Waals surface area contributed by atoms with Crippen LogP contribution in [0.3, 0.4) is 0 Å². The van der Waals surface area contributed by atoms with E-state index in [9.17, 15) is 4.79 Å². The van der Waals surface area contributed by atoms with E-state index >= 15 is 0 Å². The molecule has 1 fully saturated rings. The van der Waals surface area contributed by atoms with Crippen molar-refractivity contribution in [2.24, 2.45) is 0 Å². The second kappa shape index (κ2) is 5.61. The first kappa shape index (κ1) is 11.0. The summed E-state index contributed by atoms with van der Waals surface area (Å²) in [6.45, 7) is 1.32. The van der Waals surface area contributed by atoms with E-state index in [0.29, 0.717) is 32.0 Å². The van der Waals surface area contributed by atoms with Crippen molar-refractivity contribution in [2.75, 3.05) is 20.1 Å². The van der Waals surface area contributed by atoms with Crippen molar-refractivity contribution in [1.82, 2.24) is 10.2 Å². The number of nitrogens with one attached hydrogen (secondary N) is 1. The monoisotopic (exact) mass is 195 g/mol. The molecule has 1 N–H and O–H groups in total. The van der Waals surface area contributed by atoms with Crippen molar-refractivity contribution < 1.29 is 4.79 Å². The zero-order valence-corrected chi connectivity index (χ0v) is 8.62. The molecule has 1 saturated carbocycles. The van der Waals surface area contributed by atoms with Crippen LogP contribution in [0.4, 0.5) is 0 Å². The van der Waals surface area contributed by atoms with E-state index < -0.39 is 0 Å². The Hall–Kier alpha value is -1.08. The molecule has 78 valence electrons. The van der Waals surface area contributed by atoms with Gasteiger partial charge < -0.3 is 10.2 Å². The molecule has 1 aliphatic carbocycles. The highest BCUT2D eigenvalue weighted by Crippen LogP contribution is 2.27. The number of nitrogens with zero attached hydrogens (tertiary/aromatic N) is 2. The highest BCUT2D eigenvalue weighted by Gasteiger charge is 2.31. The highest BCUT2D eigenvalue weighted by molar-refractivity contribution is 5.77. The quantitative estimate of drug-likeness (QED) is 0.671. The van der Waals surface area contributed by atoms with Crippen LogP contribution in [0, 0.1) is 11.3 Å². The molecule has 0 saturated heterocycles. The minimum Gasteiger partial charge on any atom is -0.339 e. The Balaban J connectivity index is 2.33. The fourth-order valence-electron chi connectivity index (χ4n) is 1.44. The van der Waals surface area contributed by atoms with Crippen molar-refractivity contribution in [3.05, 3.63) is 0 Å². The van der Waals surface area contributed by atoms with Gasteiger partial charge in [0.15, 0.2) is 0 Å². The lowest BCUT2D eigenvalue weighted by molar-refractivity contribution is -0.131. The molecule has 0 radical (unpaired) electrons. The summed E-state index contributed by atoms with van der Waals surface area (Å²) in [5, 5.41) is 11.4. The number of nitriles is 1. The molecule has 1 aliphatic rings. The van der Waals surface area contributed by atoms with E-state index in [1.165, 1.54) is 0 Å². The smallest absolute Gasteiger partial charge is 0.224 e. The number of hydrogen-bond donors (Lipinski definition) is 1. The van der Waals surface area contributed by atoms with Gasteiger partial charge in [0.1, 0.15) is 0 Å². The molecule has 1 rings (SSSR count). The average molecular weight is 195 g/mol. The number of hydrogen-bond acceptors (Lipinski definition) is 3. The molecular weight excluding hydrogens is 178 g/mol. The fourth-order valence-corrected chi connectivity index (χ4v) is 1.44. The number of carbonyl (C=O) groups is 1. The van der Waals surface area contributed by atoms with Gasteiger partial charge in [-0.1, -0.05) is 0 Å². The van der Waals surface area contributed by atoms with Crippen LogP contribution in [0.1, 0.15) is 25.7 Å². The maximum Gasteiger partial charge on any atom is 0.224 e. The minimum atomic E-state index is 0.178. The maximum atomic E-state index is 11.7. The van der Waals surface area contributed by atoms with Gasteiger partial charge in [-0.3, -0.25) is 4.79 Å². The van der Waals surface area contributed by atoms with Gasteiger partial charge in [-0.2, -0.15) is 5.26 Å². The lowest BCUT2D eigenvalue weighted by atomic mass is 10.3. The number of rotatable bonds is 6. The van der Waals surface area contributed by atoms with Crippen molar-refractivity contribution in [1.29, 1.82) is 5.26 Å². The Morgan fingerprint density at radius 3 is 2.86 bits per heavy atom. The van der Waals surface area contributed by atoms with Gasteiger partial charge in [-0.25, -0.2) is 0 Å². The predicted octanol–water partition coefficient (Wildman–Crippen LogP) is 0.501. The van der Waals surface area contributed by atoms with Crippen molar-refractivity contribution in [3.8, 4) is 6.07 Å². The zero-order chi connectivity index (χ0) is 10.4. The molecule has 4 nitrogen and oxygen atoms in total. The number of amides is 1. The molecule has 0 unspecified atom stereocenters. The Kier molecular flexibility index (Phi) is 4.41. The summed E-state index contributed by atoms with van der Waals surface area (Å²) >= 11 is 0. The second-order valence-electron chi connectivity index (χ2n) is 3.58. The van der Waals surface area contributed by atoms with E-state index in [2.05, 4.69) is 11.4 Å². The van der Waals surface area contributed by atoms with Crippen LogP contribution in [0.2, 0.25) is 0 Å². The summed E-state index contributed by atoms with van der Waals surface area (Å²) in [5.41, 5.74) is 0. The third-order valence-electron chi connectivity index (χ3n) is 2.36. The minimum absolute atomic E-state index is 0.178. The summed E-state index contributed by atoms with van der Waals surface area (Å²) in [7, 11) is 1.84. The van der Waals surface area contributed by atoms with Crippen LogP contribution in [0.5, 0.6) is 0 Å². The topological polar surface area (TPSA) is 56.1 Å². The summed E-state index contributed by atoms with van der Waals surface area (Å²) in [4.78, 5) is 13.5. The van der Waals surface area contributed by atoms with E-state index in [1.807, 2.05) is 11.9 Å². The lowest BCUT2D eigenvalue weighted by Crippen LogP contribution is -2.35. The summed E-state index contributed by atoms with van der Waals surface area (Å²) in [6, 6.07) is 2.51. The molecule has 0 spiro atoms. The predicted molar refractivity (Wildman–Crippen MR) is 53.5 cm³/mol. The highest BCUT2D eigenvalue weighted by atomic mass is 16.2. The van der Waals surface area contributed by atoms with Crippen LogP contribution >= 0.6 is 0 Å². The van der Waals surface area contributed by atoms with Crippen LogP contribution in [0.25, 0.3) is 0 Å². The van der Waals surface area contributed by atoms with Gasteiger partial charge in [0, 0.05) is 25.6 Å². The maximum absolute atomic E-state index is 11.7. The van der Waals surface area contributed by atoms with E-state index in [-0.39, 0.29) is 5.91 Å². The average Bonchev–Trinajstić information content (AvgIpc) is 2.99. The molecule has 1 amide bonds. The van der Waals surface area contributed by atoms with Crippen LogP contribution in [-0.2, 0) is 4.79 Å². The van der Waals surface area contributed by atoms with Gasteiger partial charge in [-0.05, 0) is 19.9 Å². The van der Waals surface area contributed by atoms with E-state index in [1.54, 1.807) is 0 Å². The molecule has 0 aliphatic heterocycles. The van der Waals surface area contributed by atoms with Gasteiger partial charge in [0.25, 0.3) is 0 Å². The normalized spacial score (nSPS) is 14.9. The summed E-state index contributed by atoms with van der Waals surface area (Å²) in [6.07, 6.45) is 3.20. The third kappa shape index (κ3) is 3.35. The molecule has 14 heavy (non-hydrogen) atoms. The van der Waals surface area contributed by atoms with E-state index in [0.717, 1.165) is 12.8 Å². The first-order valence-corrected chi connectivity index (χ1v) is 5.10. The first-order valence-electron chi connectivity index (χ1n) is 5.10. The van der Waals surface area contributed by atoms with Gasteiger partial charge in [0.05, 0.1) is 12.5 Å². The first-order chi connectivity index (χ1) is 6.79. The Labute approximate surface area is 84.9 Å². The van der Waals surface area contributed by atoms with Gasteiger partial charge in [-0.15, -0.1) is 0 Å². The van der Waals surface area contributed by atoms with Crippen molar-refractivity contribution >= 4 is 5.91 Å². The van der Waals surface area contributed by atoms with Crippen LogP contribution in [-0.4, -0.2) is 37.0 Å². The molecule has 0 aromatic carbocycles. The second-order valence-corrected chi connectivity index (χ2v) is 3.58. The Morgan fingerprint density at radius 1 is 1.64 bits per heavy atom. The Morgan fingerprint density at radius 2 is 2.36 bits per heavy atom. The molecule has 0 heterocycles. The third-order valence-corrected chi connectivity index (χ3v) is 2.36. The van der Waals surface area contributed by atoms with Gasteiger partial charge >= 0.3 is 0 Å². The Bertz CT molecular complexity index is 230.